The van der Waals surface area contributed by atoms with E-state index >= 15 is 0 Å². The number of carbonyl (C=O) groups excluding carboxylic acids is 3. The average Bonchev–Trinajstić information content (AvgIpc) is 3.49. The molecule has 9 nitrogen and oxygen atoms in total. The molecule has 224 valence electrons. The van der Waals surface area contributed by atoms with Gasteiger partial charge in [0.25, 0.3) is 0 Å². The highest BCUT2D eigenvalue weighted by molar-refractivity contribution is 6.13. The summed E-state index contributed by atoms with van der Waals surface area (Å²) < 4.78 is 28.1. The zero-order chi connectivity index (χ0) is 30.5. The SMILES string of the molecule is CCOC(=O)C1=C(C)NC2=C(C(=O)[C@H](C(=O)OCC)[C@H](c3ccccc3)C2)[C@H]1c1ccc(COc2ccc(OC)cc2)o1. The molecule has 9 heteroatoms. The van der Waals surface area contributed by atoms with E-state index in [1.807, 2.05) is 30.3 Å². The Morgan fingerprint density at radius 1 is 0.930 bits per heavy atom. The molecule has 3 atom stereocenters. The summed E-state index contributed by atoms with van der Waals surface area (Å²) in [5.74, 6) is -1.77. The van der Waals surface area contributed by atoms with Crippen molar-refractivity contribution in [2.75, 3.05) is 20.3 Å². The van der Waals surface area contributed by atoms with Crippen LogP contribution in [0.15, 0.2) is 93.7 Å². The number of furan rings is 1. The lowest BCUT2D eigenvalue weighted by Gasteiger charge is -2.38. The largest absolute Gasteiger partial charge is 0.497 e. The van der Waals surface area contributed by atoms with Gasteiger partial charge in [-0.25, -0.2) is 4.79 Å². The molecule has 1 aromatic heterocycles. The Bertz CT molecular complexity index is 1550. The fourth-order valence-electron chi connectivity index (χ4n) is 5.77. The van der Waals surface area contributed by atoms with E-state index in [-0.39, 0.29) is 25.4 Å². The number of allylic oxidation sites excluding steroid dienone is 3. The summed E-state index contributed by atoms with van der Waals surface area (Å²) in [6.45, 7) is 5.62. The molecule has 3 aromatic rings. The number of hydrogen-bond acceptors (Lipinski definition) is 9. The van der Waals surface area contributed by atoms with Crippen molar-refractivity contribution in [2.24, 2.45) is 5.92 Å². The number of nitrogens with one attached hydrogen (secondary N) is 1. The molecule has 0 spiro atoms. The summed E-state index contributed by atoms with van der Waals surface area (Å²) in [7, 11) is 1.59. The highest BCUT2D eigenvalue weighted by Gasteiger charge is 2.49. The number of methoxy groups -OCH3 is 1. The Labute approximate surface area is 250 Å². The first-order chi connectivity index (χ1) is 20.9. The van der Waals surface area contributed by atoms with E-state index < -0.39 is 35.5 Å². The number of ketones is 1. The topological polar surface area (TPSA) is 113 Å². The normalized spacial score (nSPS) is 19.8. The highest BCUT2D eigenvalue weighted by Crippen LogP contribution is 2.48. The van der Waals surface area contributed by atoms with Gasteiger partial charge in [-0.15, -0.1) is 0 Å². The van der Waals surface area contributed by atoms with Crippen molar-refractivity contribution in [1.29, 1.82) is 0 Å². The number of benzene rings is 2. The monoisotopic (exact) mass is 585 g/mol. The maximum atomic E-state index is 14.4. The van der Waals surface area contributed by atoms with Crippen LogP contribution in [0.1, 0.15) is 56.1 Å². The van der Waals surface area contributed by atoms with Crippen molar-refractivity contribution >= 4 is 17.7 Å². The summed E-state index contributed by atoms with van der Waals surface area (Å²) in [5.41, 5.74) is 2.61. The Hall–Kier alpha value is -4.79. The van der Waals surface area contributed by atoms with E-state index in [4.69, 9.17) is 23.4 Å². The molecule has 0 saturated carbocycles. The van der Waals surface area contributed by atoms with E-state index in [1.54, 1.807) is 64.3 Å². The van der Waals surface area contributed by atoms with E-state index in [0.717, 1.165) is 5.56 Å². The zero-order valence-electron chi connectivity index (χ0n) is 24.7. The average molecular weight is 586 g/mol. The van der Waals surface area contributed by atoms with Crippen LogP contribution in [0.4, 0.5) is 0 Å². The predicted octanol–water partition coefficient (Wildman–Crippen LogP) is 5.58. The molecule has 43 heavy (non-hydrogen) atoms. The van der Waals surface area contributed by atoms with Gasteiger partial charge in [-0.05, 0) is 69.2 Å². The molecule has 0 unspecified atom stereocenters. The van der Waals surface area contributed by atoms with E-state index in [2.05, 4.69) is 5.32 Å². The van der Waals surface area contributed by atoms with Crippen molar-refractivity contribution in [3.63, 3.8) is 0 Å². The molecule has 2 heterocycles. The predicted molar refractivity (Wildman–Crippen MR) is 157 cm³/mol. The molecule has 0 fully saturated rings. The van der Waals surface area contributed by atoms with Gasteiger partial charge in [-0.2, -0.15) is 0 Å². The summed E-state index contributed by atoms with van der Waals surface area (Å²) in [6, 6.07) is 20.1. The van der Waals surface area contributed by atoms with E-state index in [0.29, 0.717) is 46.4 Å². The standard InChI is InChI=1S/C34H35NO8/c1-5-40-33(37)28-20(3)35-26-18-25(21-10-8-7-9-11-21)29(34(38)41-6-2)32(36)30(26)31(28)27-17-16-24(43-27)19-42-23-14-12-22(39-4)13-15-23/h7-17,25,29,31,35H,5-6,18-19H2,1-4H3/t25-,29+,31-/m0/s1. The number of carbonyl (C=O) groups is 3. The molecule has 0 radical (unpaired) electrons. The van der Waals surface area contributed by atoms with Gasteiger partial charge in [0, 0.05) is 22.9 Å². The van der Waals surface area contributed by atoms with Gasteiger partial charge in [0.2, 0.25) is 0 Å². The fourth-order valence-corrected chi connectivity index (χ4v) is 5.77. The van der Waals surface area contributed by atoms with Crippen LogP contribution < -0.4 is 14.8 Å². The number of Topliss-reactive ketones (excluding diaryl/α,β-unsaturated/α-hetero) is 1. The number of rotatable bonds is 10. The summed E-state index contributed by atoms with van der Waals surface area (Å²) >= 11 is 0. The first-order valence-corrected chi connectivity index (χ1v) is 14.3. The molecule has 1 aliphatic heterocycles. The van der Waals surface area contributed by atoms with Gasteiger partial charge in [-0.1, -0.05) is 30.3 Å². The van der Waals surface area contributed by atoms with Crippen molar-refractivity contribution in [1.82, 2.24) is 5.32 Å². The van der Waals surface area contributed by atoms with Crippen LogP contribution in [0.5, 0.6) is 11.5 Å². The smallest absolute Gasteiger partial charge is 0.336 e. The Morgan fingerprint density at radius 2 is 1.63 bits per heavy atom. The second kappa shape index (κ2) is 13.0. The van der Waals surface area contributed by atoms with Crippen molar-refractivity contribution in [2.45, 2.75) is 45.6 Å². The summed E-state index contributed by atoms with van der Waals surface area (Å²) in [4.78, 5) is 41.0. The zero-order valence-corrected chi connectivity index (χ0v) is 24.7. The molecule has 0 bridgehead atoms. The molecule has 1 aliphatic carbocycles. The maximum Gasteiger partial charge on any atom is 0.336 e. The fraction of sp³-hybridized carbons (Fsp3) is 0.324. The van der Waals surface area contributed by atoms with Crippen LogP contribution in [0.2, 0.25) is 0 Å². The highest BCUT2D eigenvalue weighted by atomic mass is 16.5. The van der Waals surface area contributed by atoms with Crippen molar-refractivity contribution in [3.8, 4) is 11.5 Å². The van der Waals surface area contributed by atoms with Crippen molar-refractivity contribution < 1.29 is 37.7 Å². The lowest BCUT2D eigenvalue weighted by Crippen LogP contribution is -2.43. The first-order valence-electron chi connectivity index (χ1n) is 14.3. The lowest BCUT2D eigenvalue weighted by atomic mass is 9.68. The second-order valence-corrected chi connectivity index (χ2v) is 10.3. The summed E-state index contributed by atoms with van der Waals surface area (Å²) in [5, 5.41) is 3.30. The number of dihydropyridines is 1. The third-order valence-corrected chi connectivity index (χ3v) is 7.69. The van der Waals surface area contributed by atoms with Gasteiger partial charge in [0.05, 0.1) is 31.8 Å². The van der Waals surface area contributed by atoms with Gasteiger partial charge < -0.3 is 28.7 Å². The Morgan fingerprint density at radius 3 is 2.30 bits per heavy atom. The molecular formula is C34H35NO8. The number of ether oxygens (including phenoxy) is 4. The third-order valence-electron chi connectivity index (χ3n) is 7.69. The molecule has 0 amide bonds. The Balaban J connectivity index is 1.54. The minimum atomic E-state index is -1.08. The van der Waals surface area contributed by atoms with Crippen LogP contribution in [0.3, 0.4) is 0 Å². The molecule has 2 aromatic carbocycles. The number of hydrogen-bond donors (Lipinski definition) is 1. The third kappa shape index (κ3) is 6.07. The molecular weight excluding hydrogens is 550 g/mol. The maximum absolute atomic E-state index is 14.4. The molecule has 0 saturated heterocycles. The minimum Gasteiger partial charge on any atom is -0.497 e. The minimum absolute atomic E-state index is 0.121. The van der Waals surface area contributed by atoms with E-state index in [1.165, 1.54) is 0 Å². The first kappa shape index (κ1) is 29.7. The van der Waals surface area contributed by atoms with Gasteiger partial charge in [0.15, 0.2) is 5.78 Å². The Kier molecular flexibility index (Phi) is 8.99. The van der Waals surface area contributed by atoms with Crippen LogP contribution >= 0.6 is 0 Å². The van der Waals surface area contributed by atoms with Crippen LogP contribution in [0, 0.1) is 5.92 Å². The lowest BCUT2D eigenvalue weighted by molar-refractivity contribution is -0.152. The van der Waals surface area contributed by atoms with E-state index in [9.17, 15) is 14.4 Å². The van der Waals surface area contributed by atoms with Crippen LogP contribution in [0.25, 0.3) is 0 Å². The van der Waals surface area contributed by atoms with Crippen molar-refractivity contribution in [3.05, 3.63) is 106 Å². The van der Waals surface area contributed by atoms with Crippen LogP contribution in [-0.4, -0.2) is 38.0 Å². The van der Waals surface area contributed by atoms with Gasteiger partial charge >= 0.3 is 11.9 Å². The molecule has 1 N–H and O–H groups in total. The second-order valence-electron chi connectivity index (χ2n) is 10.3. The molecule has 5 rings (SSSR count). The van der Waals surface area contributed by atoms with Gasteiger partial charge in [0.1, 0.15) is 35.5 Å². The summed E-state index contributed by atoms with van der Waals surface area (Å²) in [6.07, 6.45) is 0.368. The number of esters is 2. The quantitative estimate of drug-likeness (QED) is 0.241. The van der Waals surface area contributed by atoms with Crippen LogP contribution in [-0.2, 0) is 30.5 Å². The van der Waals surface area contributed by atoms with Gasteiger partial charge in [-0.3, -0.25) is 9.59 Å². The molecule has 2 aliphatic rings.